The summed E-state index contributed by atoms with van der Waals surface area (Å²) in [5.41, 5.74) is 2.14. The fourth-order valence-electron chi connectivity index (χ4n) is 3.36. The number of urea groups is 1. The fourth-order valence-corrected chi connectivity index (χ4v) is 3.36. The topological polar surface area (TPSA) is 57.3 Å². The number of piperidine rings is 1. The number of amides is 2. The SMILES string of the molecule is O=C(NCCC1CCCN(Cc2ccncc2)C1)Nc1ccccc1. The number of likely N-dealkylation sites (tertiary alicyclic amines) is 1. The Bertz CT molecular complexity index is 647. The maximum atomic E-state index is 11.9. The van der Waals surface area contributed by atoms with Gasteiger partial charge in [-0.2, -0.15) is 0 Å². The summed E-state index contributed by atoms with van der Waals surface area (Å²) >= 11 is 0. The molecule has 25 heavy (non-hydrogen) atoms. The molecule has 0 spiro atoms. The van der Waals surface area contributed by atoms with E-state index in [-0.39, 0.29) is 6.03 Å². The smallest absolute Gasteiger partial charge is 0.319 e. The first-order valence-electron chi connectivity index (χ1n) is 9.01. The van der Waals surface area contributed by atoms with Gasteiger partial charge in [0.15, 0.2) is 0 Å². The number of pyridine rings is 1. The van der Waals surface area contributed by atoms with Gasteiger partial charge in [0.05, 0.1) is 0 Å². The van der Waals surface area contributed by atoms with E-state index in [4.69, 9.17) is 0 Å². The Kier molecular flexibility index (Phi) is 6.40. The third-order valence-electron chi connectivity index (χ3n) is 4.63. The molecular formula is C20H26N4O. The van der Waals surface area contributed by atoms with Gasteiger partial charge in [0, 0.05) is 37.7 Å². The van der Waals surface area contributed by atoms with Crippen LogP contribution in [-0.4, -0.2) is 35.5 Å². The Morgan fingerprint density at radius 1 is 1.16 bits per heavy atom. The molecule has 0 radical (unpaired) electrons. The van der Waals surface area contributed by atoms with Gasteiger partial charge in [0.1, 0.15) is 0 Å². The van der Waals surface area contributed by atoms with Crippen LogP contribution in [-0.2, 0) is 6.54 Å². The third-order valence-corrected chi connectivity index (χ3v) is 4.63. The van der Waals surface area contributed by atoms with E-state index >= 15 is 0 Å². The van der Waals surface area contributed by atoms with Gasteiger partial charge >= 0.3 is 6.03 Å². The maximum Gasteiger partial charge on any atom is 0.319 e. The van der Waals surface area contributed by atoms with Crippen LogP contribution in [0.15, 0.2) is 54.9 Å². The molecule has 5 heteroatoms. The number of rotatable bonds is 6. The predicted octanol–water partition coefficient (Wildman–Crippen LogP) is 3.51. The highest BCUT2D eigenvalue weighted by Crippen LogP contribution is 2.20. The molecule has 0 saturated carbocycles. The van der Waals surface area contributed by atoms with Crippen LogP contribution >= 0.6 is 0 Å². The average Bonchev–Trinajstić information content (AvgIpc) is 2.64. The summed E-state index contributed by atoms with van der Waals surface area (Å²) in [4.78, 5) is 18.5. The molecular weight excluding hydrogens is 312 g/mol. The zero-order valence-electron chi connectivity index (χ0n) is 14.5. The number of benzene rings is 1. The van der Waals surface area contributed by atoms with E-state index in [9.17, 15) is 4.79 Å². The molecule has 2 heterocycles. The van der Waals surface area contributed by atoms with Crippen LogP contribution < -0.4 is 10.6 Å². The highest BCUT2D eigenvalue weighted by Gasteiger charge is 2.19. The van der Waals surface area contributed by atoms with Gasteiger partial charge in [-0.1, -0.05) is 18.2 Å². The molecule has 1 aromatic carbocycles. The van der Waals surface area contributed by atoms with E-state index in [1.165, 1.54) is 18.4 Å². The van der Waals surface area contributed by atoms with Crippen LogP contribution in [0.2, 0.25) is 0 Å². The van der Waals surface area contributed by atoms with Crippen LogP contribution in [0.5, 0.6) is 0 Å². The van der Waals surface area contributed by atoms with Gasteiger partial charge < -0.3 is 10.6 Å². The molecule has 0 aliphatic carbocycles. The lowest BCUT2D eigenvalue weighted by atomic mass is 9.94. The van der Waals surface area contributed by atoms with E-state index in [0.717, 1.165) is 31.7 Å². The average molecular weight is 338 g/mol. The van der Waals surface area contributed by atoms with Crippen molar-refractivity contribution >= 4 is 11.7 Å². The molecule has 1 fully saturated rings. The number of para-hydroxylation sites is 1. The highest BCUT2D eigenvalue weighted by atomic mass is 16.2. The van der Waals surface area contributed by atoms with Crippen molar-refractivity contribution in [3.8, 4) is 0 Å². The number of aromatic nitrogens is 1. The summed E-state index contributed by atoms with van der Waals surface area (Å²) in [5, 5.41) is 5.82. The molecule has 0 bridgehead atoms. The summed E-state index contributed by atoms with van der Waals surface area (Å²) in [6.45, 7) is 3.96. The Morgan fingerprint density at radius 3 is 2.76 bits per heavy atom. The molecule has 2 amide bonds. The van der Waals surface area contributed by atoms with Gasteiger partial charge in [-0.15, -0.1) is 0 Å². The van der Waals surface area contributed by atoms with E-state index in [2.05, 4.69) is 32.7 Å². The van der Waals surface area contributed by atoms with Crippen molar-refractivity contribution in [2.45, 2.75) is 25.8 Å². The molecule has 5 nitrogen and oxygen atoms in total. The van der Waals surface area contributed by atoms with Crippen LogP contribution in [0.4, 0.5) is 10.5 Å². The lowest BCUT2D eigenvalue weighted by molar-refractivity contribution is 0.161. The van der Waals surface area contributed by atoms with Gasteiger partial charge in [0.2, 0.25) is 0 Å². The van der Waals surface area contributed by atoms with Gasteiger partial charge in [-0.3, -0.25) is 9.88 Å². The minimum atomic E-state index is -0.129. The van der Waals surface area contributed by atoms with Crippen molar-refractivity contribution in [2.75, 3.05) is 25.0 Å². The van der Waals surface area contributed by atoms with Crippen molar-refractivity contribution in [3.63, 3.8) is 0 Å². The number of hydrogen-bond donors (Lipinski definition) is 2. The van der Waals surface area contributed by atoms with E-state index < -0.39 is 0 Å². The minimum Gasteiger partial charge on any atom is -0.338 e. The van der Waals surface area contributed by atoms with Crippen molar-refractivity contribution in [1.82, 2.24) is 15.2 Å². The number of nitrogens with one attached hydrogen (secondary N) is 2. The summed E-state index contributed by atoms with van der Waals surface area (Å²) in [7, 11) is 0. The molecule has 1 saturated heterocycles. The number of carbonyl (C=O) groups excluding carboxylic acids is 1. The molecule has 2 aromatic rings. The third kappa shape index (κ3) is 5.87. The number of hydrogen-bond acceptors (Lipinski definition) is 3. The Hall–Kier alpha value is -2.40. The summed E-state index contributed by atoms with van der Waals surface area (Å²) in [6.07, 6.45) is 7.20. The van der Waals surface area contributed by atoms with Crippen LogP contribution in [0.1, 0.15) is 24.8 Å². The van der Waals surface area contributed by atoms with Crippen molar-refractivity contribution < 1.29 is 4.79 Å². The molecule has 2 N–H and O–H groups in total. The normalized spacial score (nSPS) is 17.8. The molecule has 1 aliphatic heterocycles. The monoisotopic (exact) mass is 338 g/mol. The van der Waals surface area contributed by atoms with Gasteiger partial charge in [-0.05, 0) is 61.6 Å². The zero-order chi connectivity index (χ0) is 17.3. The molecule has 3 rings (SSSR count). The predicted molar refractivity (Wildman–Crippen MR) is 100 cm³/mol. The van der Waals surface area contributed by atoms with E-state index in [0.29, 0.717) is 12.5 Å². The molecule has 1 aliphatic rings. The van der Waals surface area contributed by atoms with Crippen molar-refractivity contribution in [1.29, 1.82) is 0 Å². The molecule has 1 aromatic heterocycles. The maximum absolute atomic E-state index is 11.9. The van der Waals surface area contributed by atoms with E-state index in [1.807, 2.05) is 42.7 Å². The first-order valence-corrected chi connectivity index (χ1v) is 9.01. The number of nitrogens with zero attached hydrogens (tertiary/aromatic N) is 2. The Balaban J connectivity index is 1.37. The van der Waals surface area contributed by atoms with Crippen molar-refractivity contribution in [2.24, 2.45) is 5.92 Å². The van der Waals surface area contributed by atoms with Gasteiger partial charge in [-0.25, -0.2) is 4.79 Å². The van der Waals surface area contributed by atoms with Crippen LogP contribution in [0, 0.1) is 5.92 Å². The standard InChI is InChI=1S/C20H26N4O/c25-20(23-19-6-2-1-3-7-19)22-13-10-17-5-4-14-24(15-17)16-18-8-11-21-12-9-18/h1-3,6-9,11-12,17H,4-5,10,13-16H2,(H2,22,23,25). The fraction of sp³-hybridized carbons (Fsp3) is 0.400. The highest BCUT2D eigenvalue weighted by molar-refractivity contribution is 5.89. The lowest BCUT2D eigenvalue weighted by Crippen LogP contribution is -2.37. The Labute approximate surface area is 149 Å². The molecule has 1 unspecified atom stereocenters. The quantitative estimate of drug-likeness (QED) is 0.847. The number of anilines is 1. The lowest BCUT2D eigenvalue weighted by Gasteiger charge is -2.32. The summed E-state index contributed by atoms with van der Waals surface area (Å²) < 4.78 is 0. The summed E-state index contributed by atoms with van der Waals surface area (Å²) in [5.74, 6) is 0.646. The first-order chi connectivity index (χ1) is 12.3. The zero-order valence-corrected chi connectivity index (χ0v) is 14.5. The summed E-state index contributed by atoms with van der Waals surface area (Å²) in [6, 6.07) is 13.6. The van der Waals surface area contributed by atoms with Crippen LogP contribution in [0.25, 0.3) is 0 Å². The van der Waals surface area contributed by atoms with Gasteiger partial charge in [0.25, 0.3) is 0 Å². The number of carbonyl (C=O) groups is 1. The van der Waals surface area contributed by atoms with E-state index in [1.54, 1.807) is 0 Å². The first kappa shape index (κ1) is 17.4. The molecule has 1 atom stereocenters. The van der Waals surface area contributed by atoms with Crippen LogP contribution in [0.3, 0.4) is 0 Å². The second-order valence-electron chi connectivity index (χ2n) is 6.63. The molecule has 132 valence electrons. The minimum absolute atomic E-state index is 0.129. The Morgan fingerprint density at radius 2 is 1.96 bits per heavy atom. The van der Waals surface area contributed by atoms with Crippen molar-refractivity contribution in [3.05, 3.63) is 60.4 Å². The second-order valence-corrected chi connectivity index (χ2v) is 6.63. The largest absolute Gasteiger partial charge is 0.338 e. The second kappa shape index (κ2) is 9.18.